The van der Waals surface area contributed by atoms with Crippen molar-refractivity contribution >= 4 is 17.6 Å². The second-order valence-corrected chi connectivity index (χ2v) is 5.81. The third-order valence-corrected chi connectivity index (χ3v) is 4.93. The number of aromatic nitrogens is 2. The van der Waals surface area contributed by atoms with Gasteiger partial charge in [-0.2, -0.15) is 4.98 Å². The molecule has 0 amide bonds. The van der Waals surface area contributed by atoms with E-state index in [9.17, 15) is 20.1 Å². The van der Waals surface area contributed by atoms with E-state index in [1.165, 1.54) is 19.2 Å². The van der Waals surface area contributed by atoms with Crippen LogP contribution in [0.2, 0.25) is 0 Å². The molecule has 0 radical (unpaired) electrons. The highest BCUT2D eigenvalue weighted by molar-refractivity contribution is 8.00. The number of aliphatic hydroxyl groups excluding tert-OH is 2. The standard InChI is InChI=1S/C10H15N3O5S/c1-10(17)5(4-14)19-8(7(10)15)13-3-2-6(12-18)11-9(13)16/h2-3,5,7-8,14-15,17-18H,4H2,1H3,(H,11,12,16)/t5-,7-,8?,10?/m1/s1. The molecule has 0 aromatic carbocycles. The van der Waals surface area contributed by atoms with Gasteiger partial charge in [-0.05, 0) is 13.0 Å². The molecule has 0 aliphatic carbocycles. The van der Waals surface area contributed by atoms with Crippen LogP contribution in [0.3, 0.4) is 0 Å². The number of hydrogen-bond acceptors (Lipinski definition) is 8. The summed E-state index contributed by atoms with van der Waals surface area (Å²) in [5, 5.41) is 36.7. The number of rotatable bonds is 3. The van der Waals surface area contributed by atoms with Crippen molar-refractivity contribution < 1.29 is 20.5 Å². The number of thioether (sulfide) groups is 1. The lowest BCUT2D eigenvalue weighted by molar-refractivity contribution is -0.0663. The lowest BCUT2D eigenvalue weighted by Crippen LogP contribution is -2.46. The van der Waals surface area contributed by atoms with Crippen molar-refractivity contribution in [2.45, 2.75) is 29.3 Å². The minimum absolute atomic E-state index is 0.01000. The summed E-state index contributed by atoms with van der Waals surface area (Å²) in [5.41, 5.74) is -0.429. The third kappa shape index (κ3) is 2.35. The van der Waals surface area contributed by atoms with Crippen LogP contribution in [0.15, 0.2) is 17.1 Å². The Balaban J connectivity index is 2.36. The third-order valence-electron chi connectivity index (χ3n) is 3.21. The first-order valence-corrected chi connectivity index (χ1v) is 6.52. The zero-order valence-corrected chi connectivity index (χ0v) is 10.9. The highest BCUT2D eigenvalue weighted by Crippen LogP contribution is 2.46. The second kappa shape index (κ2) is 5.10. The van der Waals surface area contributed by atoms with Gasteiger partial charge >= 0.3 is 5.69 Å². The van der Waals surface area contributed by atoms with E-state index >= 15 is 0 Å². The van der Waals surface area contributed by atoms with Crippen LogP contribution in [-0.4, -0.2) is 53.6 Å². The first-order chi connectivity index (χ1) is 8.91. The Labute approximate surface area is 112 Å². The molecule has 1 aromatic rings. The van der Waals surface area contributed by atoms with Gasteiger partial charge in [0.15, 0.2) is 5.82 Å². The van der Waals surface area contributed by atoms with E-state index in [0.717, 1.165) is 16.3 Å². The van der Waals surface area contributed by atoms with Crippen molar-refractivity contribution in [2.75, 3.05) is 12.1 Å². The first-order valence-electron chi connectivity index (χ1n) is 5.58. The van der Waals surface area contributed by atoms with Crippen molar-refractivity contribution in [1.29, 1.82) is 0 Å². The van der Waals surface area contributed by atoms with Crippen LogP contribution in [0, 0.1) is 0 Å². The van der Waals surface area contributed by atoms with Crippen LogP contribution in [0.5, 0.6) is 0 Å². The summed E-state index contributed by atoms with van der Waals surface area (Å²) in [7, 11) is 0. The van der Waals surface area contributed by atoms with Crippen molar-refractivity contribution in [3.63, 3.8) is 0 Å². The molecule has 8 nitrogen and oxygen atoms in total. The Bertz CT molecular complexity index is 520. The van der Waals surface area contributed by atoms with Gasteiger partial charge in [-0.25, -0.2) is 4.79 Å². The SMILES string of the molecule is CC1(O)[C@H](O)C(n2ccc(NO)nc2=O)S[C@@H]1CO. The van der Waals surface area contributed by atoms with E-state index in [4.69, 9.17) is 5.21 Å². The normalized spacial score (nSPS) is 34.5. The van der Waals surface area contributed by atoms with Gasteiger partial charge < -0.3 is 15.3 Å². The van der Waals surface area contributed by atoms with E-state index in [1.807, 2.05) is 0 Å². The Morgan fingerprint density at radius 2 is 2.32 bits per heavy atom. The zero-order chi connectivity index (χ0) is 14.2. The number of aliphatic hydroxyl groups is 3. The summed E-state index contributed by atoms with van der Waals surface area (Å²) in [6.07, 6.45) is 0.132. The molecule has 1 aliphatic heterocycles. The molecule has 19 heavy (non-hydrogen) atoms. The number of anilines is 1. The maximum absolute atomic E-state index is 11.8. The second-order valence-electron chi connectivity index (χ2n) is 4.48. The maximum Gasteiger partial charge on any atom is 0.350 e. The Morgan fingerprint density at radius 3 is 2.79 bits per heavy atom. The summed E-state index contributed by atoms with van der Waals surface area (Å²) in [6, 6.07) is 1.36. The predicted molar refractivity (Wildman–Crippen MR) is 68.0 cm³/mol. The van der Waals surface area contributed by atoms with Crippen molar-refractivity contribution in [3.05, 3.63) is 22.7 Å². The average molecular weight is 289 g/mol. The van der Waals surface area contributed by atoms with Crippen LogP contribution in [-0.2, 0) is 0 Å². The number of hydrogen-bond donors (Lipinski definition) is 5. The van der Waals surface area contributed by atoms with E-state index < -0.39 is 28.0 Å². The van der Waals surface area contributed by atoms with Gasteiger partial charge in [-0.1, -0.05) is 0 Å². The summed E-state index contributed by atoms with van der Waals surface area (Å²) >= 11 is 1.10. The summed E-state index contributed by atoms with van der Waals surface area (Å²) in [4.78, 5) is 15.3. The molecule has 106 valence electrons. The van der Waals surface area contributed by atoms with E-state index in [-0.39, 0.29) is 12.4 Å². The highest BCUT2D eigenvalue weighted by atomic mass is 32.2. The van der Waals surface area contributed by atoms with Gasteiger partial charge in [0.1, 0.15) is 17.1 Å². The monoisotopic (exact) mass is 289 g/mol. The Morgan fingerprint density at radius 1 is 1.63 bits per heavy atom. The molecule has 1 fully saturated rings. The molecule has 0 bridgehead atoms. The van der Waals surface area contributed by atoms with E-state index in [0.29, 0.717) is 0 Å². The number of nitrogens with one attached hydrogen (secondary N) is 1. The van der Waals surface area contributed by atoms with Gasteiger partial charge in [0.25, 0.3) is 0 Å². The zero-order valence-electron chi connectivity index (χ0n) is 10.1. The molecular weight excluding hydrogens is 274 g/mol. The fourth-order valence-electron chi connectivity index (χ4n) is 1.97. The molecule has 2 rings (SSSR count). The molecule has 2 unspecified atom stereocenters. The lowest BCUT2D eigenvalue weighted by Gasteiger charge is -2.26. The van der Waals surface area contributed by atoms with Gasteiger partial charge in [0.2, 0.25) is 0 Å². The van der Waals surface area contributed by atoms with Crippen LogP contribution in [0.25, 0.3) is 0 Å². The average Bonchev–Trinajstić information content (AvgIpc) is 2.61. The highest BCUT2D eigenvalue weighted by Gasteiger charge is 2.52. The molecule has 1 aliphatic rings. The quantitative estimate of drug-likeness (QED) is 0.437. The topological polar surface area (TPSA) is 128 Å². The van der Waals surface area contributed by atoms with Crippen LogP contribution in [0.1, 0.15) is 12.3 Å². The van der Waals surface area contributed by atoms with Crippen molar-refractivity contribution in [3.8, 4) is 0 Å². The van der Waals surface area contributed by atoms with Gasteiger partial charge in [0, 0.05) is 6.20 Å². The molecule has 5 N–H and O–H groups in total. The van der Waals surface area contributed by atoms with Gasteiger partial charge in [-0.15, -0.1) is 11.8 Å². The molecule has 4 atom stereocenters. The maximum atomic E-state index is 11.8. The largest absolute Gasteiger partial charge is 0.395 e. The predicted octanol–water partition coefficient (Wildman–Crippen LogP) is -1.24. The van der Waals surface area contributed by atoms with Gasteiger partial charge in [0.05, 0.1) is 11.9 Å². The van der Waals surface area contributed by atoms with Crippen LogP contribution >= 0.6 is 11.8 Å². The minimum atomic E-state index is -1.50. The molecule has 1 aromatic heterocycles. The smallest absolute Gasteiger partial charge is 0.350 e. The molecule has 0 spiro atoms. The first kappa shape index (κ1) is 14.3. The minimum Gasteiger partial charge on any atom is -0.395 e. The molecule has 2 heterocycles. The number of nitrogens with zero attached hydrogens (tertiary/aromatic N) is 2. The molecule has 1 saturated heterocycles. The Kier molecular flexibility index (Phi) is 3.83. The Hall–Kier alpha value is -1.13. The molecular formula is C10H15N3O5S. The van der Waals surface area contributed by atoms with Crippen LogP contribution < -0.4 is 11.2 Å². The fourth-order valence-corrected chi connectivity index (χ4v) is 3.53. The summed E-state index contributed by atoms with van der Waals surface area (Å²) in [6.45, 7) is 1.09. The fraction of sp³-hybridized carbons (Fsp3) is 0.600. The van der Waals surface area contributed by atoms with Crippen LogP contribution in [0.4, 0.5) is 5.82 Å². The van der Waals surface area contributed by atoms with Crippen molar-refractivity contribution in [2.24, 2.45) is 0 Å². The van der Waals surface area contributed by atoms with Crippen molar-refractivity contribution in [1.82, 2.24) is 9.55 Å². The molecule has 9 heteroatoms. The summed E-state index contributed by atoms with van der Waals surface area (Å²) < 4.78 is 1.15. The lowest BCUT2D eigenvalue weighted by atomic mass is 9.95. The van der Waals surface area contributed by atoms with E-state index in [2.05, 4.69) is 4.98 Å². The van der Waals surface area contributed by atoms with Gasteiger partial charge in [-0.3, -0.25) is 15.3 Å². The van der Waals surface area contributed by atoms with E-state index in [1.54, 1.807) is 5.48 Å². The summed E-state index contributed by atoms with van der Waals surface area (Å²) in [5.74, 6) is -0.01000. The molecule has 0 saturated carbocycles.